The third kappa shape index (κ3) is 4.48. The van der Waals surface area contributed by atoms with Crippen molar-refractivity contribution in [2.24, 2.45) is 5.41 Å². The van der Waals surface area contributed by atoms with E-state index in [2.05, 4.69) is 0 Å². The second-order valence-corrected chi connectivity index (χ2v) is 5.98. The molecule has 0 saturated heterocycles. The molecule has 0 saturated carbocycles. The van der Waals surface area contributed by atoms with Gasteiger partial charge in [-0.1, -0.05) is 25.4 Å². The van der Waals surface area contributed by atoms with E-state index in [0.29, 0.717) is 11.1 Å². The van der Waals surface area contributed by atoms with Crippen molar-refractivity contribution in [1.29, 1.82) is 0 Å². The summed E-state index contributed by atoms with van der Waals surface area (Å²) < 4.78 is 13.3. The number of aliphatic hydroxyl groups excluding tert-OH is 1. The molecule has 0 aliphatic heterocycles. The van der Waals surface area contributed by atoms with E-state index in [0.717, 1.165) is 0 Å². The lowest BCUT2D eigenvalue weighted by atomic mass is 9.81. The summed E-state index contributed by atoms with van der Waals surface area (Å²) in [6, 6.07) is 2.67. The molecule has 2 N–H and O–H groups in total. The molecule has 0 amide bonds. The van der Waals surface area contributed by atoms with E-state index in [1.165, 1.54) is 12.1 Å². The number of carboxylic acids is 1. The van der Waals surface area contributed by atoms with Crippen molar-refractivity contribution in [2.75, 3.05) is 0 Å². The number of carboxylic acid groups (broad SMARTS) is 1. The molecule has 5 heteroatoms. The quantitative estimate of drug-likeness (QED) is 0.868. The molecule has 1 aromatic carbocycles. The second-order valence-electron chi connectivity index (χ2n) is 5.58. The van der Waals surface area contributed by atoms with Crippen LogP contribution in [-0.2, 0) is 4.79 Å². The summed E-state index contributed by atoms with van der Waals surface area (Å²) in [5.74, 6) is -1.34. The Labute approximate surface area is 117 Å². The fourth-order valence-electron chi connectivity index (χ4n) is 2.05. The average Bonchev–Trinajstić information content (AvgIpc) is 2.20. The van der Waals surface area contributed by atoms with Gasteiger partial charge in [-0.2, -0.15) is 0 Å². The molecule has 0 bridgehead atoms. The van der Waals surface area contributed by atoms with Gasteiger partial charge in [0.15, 0.2) is 0 Å². The zero-order valence-corrected chi connectivity index (χ0v) is 12.0. The highest BCUT2D eigenvalue weighted by Crippen LogP contribution is 2.36. The predicted molar refractivity (Wildman–Crippen MR) is 71.8 cm³/mol. The van der Waals surface area contributed by atoms with Gasteiger partial charge in [0.25, 0.3) is 0 Å². The number of aliphatic carboxylic acids is 1. The first kappa shape index (κ1) is 15.9. The Bertz CT molecular complexity index is 486. The SMILES string of the molecule is Cc1cc(C(O)CC(C)(C)CC(=O)O)c(Cl)cc1F. The number of hydrogen-bond donors (Lipinski definition) is 2. The van der Waals surface area contributed by atoms with Crippen molar-refractivity contribution in [3.05, 3.63) is 34.1 Å². The van der Waals surface area contributed by atoms with Crippen molar-refractivity contribution in [1.82, 2.24) is 0 Å². The predicted octanol–water partition coefficient (Wildman–Crippen LogP) is 3.71. The Balaban J connectivity index is 2.92. The number of carbonyl (C=O) groups is 1. The Morgan fingerprint density at radius 1 is 1.47 bits per heavy atom. The molecular formula is C14H18ClFO3. The molecule has 1 atom stereocenters. The van der Waals surface area contributed by atoms with Gasteiger partial charge in [-0.05, 0) is 42.0 Å². The molecule has 0 aliphatic rings. The molecule has 0 fully saturated rings. The van der Waals surface area contributed by atoms with Gasteiger partial charge < -0.3 is 10.2 Å². The molecule has 1 unspecified atom stereocenters. The van der Waals surface area contributed by atoms with E-state index in [4.69, 9.17) is 16.7 Å². The fraction of sp³-hybridized carbons (Fsp3) is 0.500. The first-order valence-electron chi connectivity index (χ1n) is 5.98. The van der Waals surface area contributed by atoms with E-state index in [1.807, 2.05) is 0 Å². The summed E-state index contributed by atoms with van der Waals surface area (Å²) in [5, 5.41) is 19.1. The molecular weight excluding hydrogens is 271 g/mol. The summed E-state index contributed by atoms with van der Waals surface area (Å²) in [7, 11) is 0. The minimum Gasteiger partial charge on any atom is -0.481 e. The second kappa shape index (κ2) is 5.88. The number of halogens is 2. The number of aliphatic hydroxyl groups is 1. The van der Waals surface area contributed by atoms with Gasteiger partial charge in [0.1, 0.15) is 5.82 Å². The van der Waals surface area contributed by atoms with Crippen molar-refractivity contribution < 1.29 is 19.4 Å². The van der Waals surface area contributed by atoms with Crippen LogP contribution in [0.25, 0.3) is 0 Å². The van der Waals surface area contributed by atoms with Crippen molar-refractivity contribution >= 4 is 17.6 Å². The topological polar surface area (TPSA) is 57.5 Å². The number of aryl methyl sites for hydroxylation is 1. The number of benzene rings is 1. The van der Waals surface area contributed by atoms with E-state index in [1.54, 1.807) is 20.8 Å². The molecule has 0 aromatic heterocycles. The van der Waals surface area contributed by atoms with Crippen molar-refractivity contribution in [2.45, 2.75) is 39.7 Å². The van der Waals surface area contributed by atoms with Crippen LogP contribution < -0.4 is 0 Å². The molecule has 1 aromatic rings. The highest BCUT2D eigenvalue weighted by molar-refractivity contribution is 6.31. The highest BCUT2D eigenvalue weighted by atomic mass is 35.5. The minimum absolute atomic E-state index is 0.0537. The first-order chi connectivity index (χ1) is 8.62. The Morgan fingerprint density at radius 2 is 2.05 bits per heavy atom. The summed E-state index contributed by atoms with van der Waals surface area (Å²) in [4.78, 5) is 10.7. The molecule has 0 radical (unpaired) electrons. The normalized spacial score (nSPS) is 13.4. The fourth-order valence-corrected chi connectivity index (χ4v) is 2.33. The third-order valence-electron chi connectivity index (χ3n) is 3.01. The largest absolute Gasteiger partial charge is 0.481 e. The maximum atomic E-state index is 13.3. The highest BCUT2D eigenvalue weighted by Gasteiger charge is 2.27. The van der Waals surface area contributed by atoms with Crippen LogP contribution in [0, 0.1) is 18.2 Å². The van der Waals surface area contributed by atoms with Crippen LogP contribution >= 0.6 is 11.6 Å². The Kier molecular flexibility index (Phi) is 4.93. The van der Waals surface area contributed by atoms with Gasteiger partial charge in [0, 0.05) is 5.02 Å². The van der Waals surface area contributed by atoms with E-state index in [-0.39, 0.29) is 17.9 Å². The minimum atomic E-state index is -0.918. The molecule has 0 spiro atoms. The van der Waals surface area contributed by atoms with Gasteiger partial charge >= 0.3 is 5.97 Å². The molecule has 0 heterocycles. The summed E-state index contributed by atoms with van der Waals surface area (Å²) in [6.07, 6.45) is -0.729. The maximum Gasteiger partial charge on any atom is 0.303 e. The lowest BCUT2D eigenvalue weighted by Crippen LogP contribution is -2.20. The van der Waals surface area contributed by atoms with Gasteiger partial charge in [0.05, 0.1) is 12.5 Å². The van der Waals surface area contributed by atoms with Gasteiger partial charge in [-0.15, -0.1) is 0 Å². The molecule has 3 nitrogen and oxygen atoms in total. The molecule has 19 heavy (non-hydrogen) atoms. The Morgan fingerprint density at radius 3 is 2.58 bits per heavy atom. The standard InChI is InChI=1S/C14H18ClFO3/c1-8-4-9(10(15)5-11(8)16)12(17)6-14(2,3)7-13(18)19/h4-5,12,17H,6-7H2,1-3H3,(H,18,19). The zero-order chi connectivity index (χ0) is 14.8. The van der Waals surface area contributed by atoms with Crippen LogP contribution in [0.2, 0.25) is 5.02 Å². The van der Waals surface area contributed by atoms with Gasteiger partial charge in [-0.3, -0.25) is 4.79 Å². The maximum absolute atomic E-state index is 13.3. The van der Waals surface area contributed by atoms with E-state index >= 15 is 0 Å². The van der Waals surface area contributed by atoms with E-state index < -0.39 is 23.3 Å². The monoisotopic (exact) mass is 288 g/mol. The third-order valence-corrected chi connectivity index (χ3v) is 3.34. The first-order valence-corrected chi connectivity index (χ1v) is 6.35. The smallest absolute Gasteiger partial charge is 0.303 e. The summed E-state index contributed by atoms with van der Waals surface area (Å²) in [5.41, 5.74) is 0.255. The molecule has 1 rings (SSSR count). The van der Waals surface area contributed by atoms with Gasteiger partial charge in [0.2, 0.25) is 0 Å². The van der Waals surface area contributed by atoms with Crippen molar-refractivity contribution in [3.63, 3.8) is 0 Å². The van der Waals surface area contributed by atoms with E-state index in [9.17, 15) is 14.3 Å². The summed E-state index contributed by atoms with van der Waals surface area (Å²) in [6.45, 7) is 5.10. The summed E-state index contributed by atoms with van der Waals surface area (Å²) >= 11 is 5.91. The van der Waals surface area contributed by atoms with Crippen LogP contribution in [0.1, 0.15) is 43.9 Å². The molecule has 106 valence electrons. The van der Waals surface area contributed by atoms with Crippen LogP contribution in [0.3, 0.4) is 0 Å². The Hall–Kier alpha value is -1.13. The zero-order valence-electron chi connectivity index (χ0n) is 11.2. The number of hydrogen-bond acceptors (Lipinski definition) is 2. The lowest BCUT2D eigenvalue weighted by molar-refractivity contribution is -0.139. The van der Waals surface area contributed by atoms with Crippen LogP contribution in [0.5, 0.6) is 0 Å². The van der Waals surface area contributed by atoms with Gasteiger partial charge in [-0.25, -0.2) is 4.39 Å². The molecule has 0 aliphatic carbocycles. The van der Waals surface area contributed by atoms with Crippen molar-refractivity contribution in [3.8, 4) is 0 Å². The van der Waals surface area contributed by atoms with Crippen LogP contribution in [0.15, 0.2) is 12.1 Å². The lowest BCUT2D eigenvalue weighted by Gasteiger charge is -2.26. The van der Waals surface area contributed by atoms with Crippen LogP contribution in [0.4, 0.5) is 4.39 Å². The number of rotatable bonds is 5. The van der Waals surface area contributed by atoms with Crippen LogP contribution in [-0.4, -0.2) is 16.2 Å². The average molecular weight is 289 g/mol.